The van der Waals surface area contributed by atoms with Crippen LogP contribution < -0.4 is 5.14 Å². The first-order chi connectivity index (χ1) is 11.6. The van der Waals surface area contributed by atoms with Crippen molar-refractivity contribution in [1.29, 1.82) is 0 Å². The van der Waals surface area contributed by atoms with Crippen LogP contribution in [0.25, 0.3) is 0 Å². The molecule has 0 amide bonds. The summed E-state index contributed by atoms with van der Waals surface area (Å²) in [4.78, 5) is 0.212. The fourth-order valence-corrected chi connectivity index (χ4v) is 4.28. The Morgan fingerprint density at radius 1 is 0.920 bits per heavy atom. The molecular formula is C17H22N2O4S2. The van der Waals surface area contributed by atoms with Crippen molar-refractivity contribution in [1.82, 2.24) is 4.31 Å². The molecule has 0 aliphatic carbocycles. The summed E-state index contributed by atoms with van der Waals surface area (Å²) in [5, 5.41) is 5.08. The first-order valence-corrected chi connectivity index (χ1v) is 10.8. The molecule has 0 aromatic heterocycles. The molecule has 6 nitrogen and oxygen atoms in total. The number of hydrogen-bond acceptors (Lipinski definition) is 4. The fraction of sp³-hybridized carbons (Fsp3) is 0.294. The van der Waals surface area contributed by atoms with E-state index in [2.05, 4.69) is 0 Å². The SMILES string of the molecule is CCc1ccc(S(=O)(=O)N(C)C(C)c2ccc(S(N)(=O)=O)cc2)cc1. The molecule has 0 aliphatic rings. The summed E-state index contributed by atoms with van der Waals surface area (Å²) in [7, 11) is -5.93. The zero-order chi connectivity index (χ0) is 18.8. The predicted molar refractivity (Wildman–Crippen MR) is 97.0 cm³/mol. The Kier molecular flexibility index (Phi) is 5.68. The van der Waals surface area contributed by atoms with Crippen LogP contribution in [0.2, 0.25) is 0 Å². The lowest BCUT2D eigenvalue weighted by molar-refractivity contribution is 0.398. The van der Waals surface area contributed by atoms with E-state index in [1.807, 2.05) is 6.92 Å². The third-order valence-electron chi connectivity index (χ3n) is 4.25. The van der Waals surface area contributed by atoms with Gasteiger partial charge in [0.25, 0.3) is 0 Å². The summed E-state index contributed by atoms with van der Waals surface area (Å²) in [6.07, 6.45) is 0.836. The number of aryl methyl sites for hydroxylation is 1. The minimum Gasteiger partial charge on any atom is -0.225 e. The minimum absolute atomic E-state index is 0.0101. The van der Waals surface area contributed by atoms with E-state index in [0.29, 0.717) is 5.56 Å². The maximum atomic E-state index is 12.8. The quantitative estimate of drug-likeness (QED) is 0.829. The van der Waals surface area contributed by atoms with Gasteiger partial charge < -0.3 is 0 Å². The molecule has 0 saturated carbocycles. The first kappa shape index (κ1) is 19.6. The Labute approximate surface area is 149 Å². The largest absolute Gasteiger partial charge is 0.243 e. The molecule has 1 unspecified atom stereocenters. The average molecular weight is 383 g/mol. The van der Waals surface area contributed by atoms with E-state index >= 15 is 0 Å². The van der Waals surface area contributed by atoms with Gasteiger partial charge in [-0.05, 0) is 48.7 Å². The highest BCUT2D eigenvalue weighted by molar-refractivity contribution is 7.89. The molecule has 2 aromatic rings. The third kappa shape index (κ3) is 4.27. The van der Waals surface area contributed by atoms with E-state index in [9.17, 15) is 16.8 Å². The molecule has 2 rings (SSSR count). The molecule has 0 aliphatic heterocycles. The molecule has 136 valence electrons. The summed E-state index contributed by atoms with van der Waals surface area (Å²) in [6.45, 7) is 3.74. The molecule has 2 aromatic carbocycles. The van der Waals surface area contributed by atoms with Crippen LogP contribution in [0.15, 0.2) is 58.3 Å². The lowest BCUT2D eigenvalue weighted by Crippen LogP contribution is -2.29. The van der Waals surface area contributed by atoms with Gasteiger partial charge in [0.15, 0.2) is 0 Å². The second-order valence-electron chi connectivity index (χ2n) is 5.81. The van der Waals surface area contributed by atoms with Crippen LogP contribution in [0.3, 0.4) is 0 Å². The number of benzene rings is 2. The number of nitrogens with zero attached hydrogens (tertiary/aromatic N) is 1. The van der Waals surface area contributed by atoms with Gasteiger partial charge in [-0.15, -0.1) is 0 Å². The standard InChI is InChI=1S/C17H22N2O4S2/c1-4-14-5-9-17(10-6-14)25(22,23)19(3)13(2)15-7-11-16(12-8-15)24(18,20)21/h5-13H,4H2,1-3H3,(H2,18,20,21). The number of sulfonamides is 2. The summed E-state index contributed by atoms with van der Waals surface area (Å²) in [5.74, 6) is 0. The van der Waals surface area contributed by atoms with Crippen LogP contribution in [-0.2, 0) is 26.5 Å². The van der Waals surface area contributed by atoms with Crippen molar-refractivity contribution in [3.05, 3.63) is 59.7 Å². The van der Waals surface area contributed by atoms with Gasteiger partial charge in [0.05, 0.1) is 9.79 Å². The first-order valence-electron chi connectivity index (χ1n) is 7.77. The van der Waals surface area contributed by atoms with E-state index in [1.165, 1.54) is 23.5 Å². The molecule has 1 atom stereocenters. The summed E-state index contributed by atoms with van der Waals surface area (Å²) in [6, 6.07) is 12.2. The van der Waals surface area contributed by atoms with E-state index < -0.39 is 26.1 Å². The van der Waals surface area contributed by atoms with Gasteiger partial charge in [-0.1, -0.05) is 31.2 Å². The van der Waals surface area contributed by atoms with E-state index in [4.69, 9.17) is 5.14 Å². The summed E-state index contributed by atoms with van der Waals surface area (Å²) < 4.78 is 49.5. The van der Waals surface area contributed by atoms with Crippen LogP contribution in [0.1, 0.15) is 31.0 Å². The molecular weight excluding hydrogens is 360 g/mol. The second-order valence-corrected chi connectivity index (χ2v) is 9.37. The Balaban J connectivity index is 2.29. The smallest absolute Gasteiger partial charge is 0.225 e. The van der Waals surface area contributed by atoms with Gasteiger partial charge >= 0.3 is 0 Å². The molecule has 0 radical (unpaired) electrons. The number of rotatable bonds is 6. The van der Waals surface area contributed by atoms with Crippen molar-refractivity contribution in [2.45, 2.75) is 36.1 Å². The van der Waals surface area contributed by atoms with Crippen LogP contribution in [0.4, 0.5) is 0 Å². The molecule has 0 bridgehead atoms. The molecule has 8 heteroatoms. The fourth-order valence-electron chi connectivity index (χ4n) is 2.42. The number of primary sulfonamides is 1. The van der Waals surface area contributed by atoms with Gasteiger partial charge in [-0.25, -0.2) is 22.0 Å². The van der Waals surface area contributed by atoms with Crippen molar-refractivity contribution < 1.29 is 16.8 Å². The van der Waals surface area contributed by atoms with Gasteiger partial charge in [-0.2, -0.15) is 4.31 Å². The molecule has 25 heavy (non-hydrogen) atoms. The third-order valence-corrected chi connectivity index (χ3v) is 7.12. The number of hydrogen-bond donors (Lipinski definition) is 1. The zero-order valence-electron chi connectivity index (χ0n) is 14.4. The highest BCUT2D eigenvalue weighted by atomic mass is 32.2. The topological polar surface area (TPSA) is 97.5 Å². The molecule has 2 N–H and O–H groups in total. The Morgan fingerprint density at radius 3 is 1.84 bits per heavy atom. The Bertz CT molecular complexity index is 935. The summed E-state index contributed by atoms with van der Waals surface area (Å²) in [5.41, 5.74) is 1.73. The van der Waals surface area contributed by atoms with Gasteiger partial charge in [0, 0.05) is 13.1 Å². The Morgan fingerprint density at radius 2 is 1.40 bits per heavy atom. The average Bonchev–Trinajstić information content (AvgIpc) is 2.59. The van der Waals surface area contributed by atoms with E-state index in [0.717, 1.165) is 12.0 Å². The molecule has 0 saturated heterocycles. The van der Waals surface area contributed by atoms with Crippen LogP contribution in [0.5, 0.6) is 0 Å². The zero-order valence-corrected chi connectivity index (χ0v) is 16.0. The van der Waals surface area contributed by atoms with Crippen molar-refractivity contribution >= 4 is 20.0 Å². The van der Waals surface area contributed by atoms with Crippen LogP contribution >= 0.6 is 0 Å². The predicted octanol–water partition coefficient (Wildman–Crippen LogP) is 2.28. The maximum Gasteiger partial charge on any atom is 0.243 e. The highest BCUT2D eigenvalue weighted by Crippen LogP contribution is 2.26. The second kappa shape index (κ2) is 7.25. The van der Waals surface area contributed by atoms with Crippen molar-refractivity contribution in [3.63, 3.8) is 0 Å². The molecule has 0 fully saturated rings. The van der Waals surface area contributed by atoms with E-state index in [-0.39, 0.29) is 9.79 Å². The summed E-state index contributed by atoms with van der Waals surface area (Å²) >= 11 is 0. The van der Waals surface area contributed by atoms with Gasteiger partial charge in [-0.3, -0.25) is 0 Å². The van der Waals surface area contributed by atoms with Gasteiger partial charge in [0.1, 0.15) is 0 Å². The lowest BCUT2D eigenvalue weighted by atomic mass is 10.1. The van der Waals surface area contributed by atoms with Crippen LogP contribution in [-0.4, -0.2) is 28.2 Å². The minimum atomic E-state index is -3.78. The van der Waals surface area contributed by atoms with Crippen molar-refractivity contribution in [2.75, 3.05) is 7.05 Å². The van der Waals surface area contributed by atoms with E-state index in [1.54, 1.807) is 43.3 Å². The highest BCUT2D eigenvalue weighted by Gasteiger charge is 2.26. The van der Waals surface area contributed by atoms with Gasteiger partial charge in [0.2, 0.25) is 20.0 Å². The van der Waals surface area contributed by atoms with Crippen molar-refractivity contribution in [2.24, 2.45) is 5.14 Å². The lowest BCUT2D eigenvalue weighted by Gasteiger charge is -2.25. The monoisotopic (exact) mass is 382 g/mol. The molecule has 0 heterocycles. The number of nitrogens with two attached hydrogens (primary N) is 1. The molecule has 0 spiro atoms. The Hall–Kier alpha value is -1.74. The maximum absolute atomic E-state index is 12.8. The normalized spacial score (nSPS) is 13.8. The van der Waals surface area contributed by atoms with Crippen LogP contribution in [0, 0.1) is 0 Å². The van der Waals surface area contributed by atoms with Crippen molar-refractivity contribution in [3.8, 4) is 0 Å².